The SMILES string of the molecule is C1=CC(c2ccccc2)(c2ccccc2)c2ccc3c(c21)-c1cc(-c2cccc4c2oc2ccccc24)ccc1N(c1ccccc1)c1ccccc1-3.Cc1c(C)n(-c2ccccc2)c2ccc3c(c12)-c1ccccc1N(c1nc(-c2ccccc2)nc(-c2ccccc2)n1)c1ccccc1-3.c1cc(N2c3ccccc3-c3ccc4sccc4c3-c3ccccc32)cc(-n2c3ccccc3c3ccncc32)c1. The summed E-state index contributed by atoms with van der Waals surface area (Å²) in [6.45, 7) is 4.47. The molecule has 6 aromatic heterocycles. The van der Waals surface area contributed by atoms with Crippen LogP contribution in [-0.2, 0) is 5.41 Å². The van der Waals surface area contributed by atoms with Crippen LogP contribution in [0.5, 0.6) is 0 Å². The summed E-state index contributed by atoms with van der Waals surface area (Å²) in [5.74, 6) is 1.83. The number of fused-ring (bicyclic) bond motifs is 27. The van der Waals surface area contributed by atoms with Gasteiger partial charge in [0.25, 0.3) is 0 Å². The van der Waals surface area contributed by atoms with E-state index in [4.69, 9.17) is 19.4 Å². The van der Waals surface area contributed by atoms with E-state index in [1.165, 1.54) is 138 Å². The molecule has 0 radical (unpaired) electrons. The van der Waals surface area contributed by atoms with Crippen molar-refractivity contribution in [3.05, 3.63) is 518 Å². The van der Waals surface area contributed by atoms with Crippen molar-refractivity contribution in [3.63, 3.8) is 0 Å². The number of anilines is 9. The highest BCUT2D eigenvalue weighted by Gasteiger charge is 2.42. The van der Waals surface area contributed by atoms with Gasteiger partial charge in [-0.05, 0) is 196 Å². The van der Waals surface area contributed by atoms with Gasteiger partial charge in [0.05, 0.1) is 62.3 Å². The van der Waals surface area contributed by atoms with Crippen molar-refractivity contribution in [1.82, 2.24) is 29.1 Å². The number of furan rings is 1. The smallest absolute Gasteiger partial charge is 0.238 e. The Morgan fingerprint density at radius 2 is 0.782 bits per heavy atom. The molecule has 0 N–H and O–H groups in total. The molecule has 0 saturated heterocycles. The van der Waals surface area contributed by atoms with Gasteiger partial charge >= 0.3 is 0 Å². The van der Waals surface area contributed by atoms with Crippen molar-refractivity contribution in [2.75, 3.05) is 14.7 Å². The minimum atomic E-state index is -0.435. The third kappa shape index (κ3) is 13.4. The van der Waals surface area contributed by atoms with Crippen LogP contribution in [0.3, 0.4) is 0 Å². The second-order valence-corrected chi connectivity index (χ2v) is 37.6. The fourth-order valence-corrected chi connectivity index (χ4v) is 23.5. The number of aromatic nitrogens is 6. The maximum atomic E-state index is 6.60. The topological polar surface area (TPSA) is 84.3 Å². The van der Waals surface area contributed by atoms with Crippen LogP contribution in [0.1, 0.15) is 33.5 Å². The van der Waals surface area contributed by atoms with Crippen molar-refractivity contribution < 1.29 is 4.42 Å². The average molecular weight is 1840 g/mol. The first kappa shape index (κ1) is 83.0. The molecule has 11 heteroatoms. The fourth-order valence-electron chi connectivity index (χ4n) is 22.7. The number of para-hydroxylation sites is 10. The van der Waals surface area contributed by atoms with Gasteiger partial charge in [0.1, 0.15) is 11.2 Å². The molecule has 9 heterocycles. The van der Waals surface area contributed by atoms with Gasteiger partial charge in [-0.15, -0.1) is 11.3 Å². The number of aryl methyl sites for hydroxylation is 1. The number of pyridine rings is 1. The summed E-state index contributed by atoms with van der Waals surface area (Å²) in [4.78, 5) is 26.9. The molecule has 3 aliphatic heterocycles. The van der Waals surface area contributed by atoms with Crippen LogP contribution in [0.2, 0.25) is 0 Å². The maximum Gasteiger partial charge on any atom is 0.238 e. The molecular weight excluding hydrogens is 1750 g/mol. The Hall–Kier alpha value is -18.4. The molecule has 0 bridgehead atoms. The van der Waals surface area contributed by atoms with Crippen LogP contribution in [0.4, 0.5) is 51.4 Å². The van der Waals surface area contributed by atoms with E-state index in [-0.39, 0.29) is 0 Å². The normalized spacial score (nSPS) is 12.7. The molecule has 0 amide bonds. The minimum Gasteiger partial charge on any atom is -0.455 e. The Morgan fingerprint density at radius 1 is 0.296 bits per heavy atom. The molecule has 0 saturated carbocycles. The largest absolute Gasteiger partial charge is 0.455 e. The standard InChI is InChI=1S/C51H33NO.C43H31N5.C37H23N3S/c1-4-15-35(16-5-1)51(36-17-6-2-7-18-36)32-31-43-45(51)29-28-41-39-21-10-12-25-46(39)52(37-19-8-3-9-20-37)47-30-27-34(33-44(47)49(41)43)38-23-14-24-42-40-22-11-13-26-48(40)53-50(38)42;1-28-29(2)47(32-20-10-5-11-21-32)38-27-26-34-33-22-12-14-24-36(33)48(37-25-15-13-23-35(37)40(34)39(28)38)43-45-41(30-16-6-3-7-17-30)44-42(46-43)31-18-8-4-9-19-31;1-4-13-32-26(10-1)28-18-20-38-23-35(28)40(32)25-9-7-8-24(22-25)39-33-14-5-2-11-27(33)29-16-17-36-31(19-21-41-36)37(29)30-12-3-6-15-34(30)39/h1-33H;3-27H,1-2H3;1-23H. The maximum absolute atomic E-state index is 6.60. The van der Waals surface area contributed by atoms with E-state index < -0.39 is 5.41 Å². The van der Waals surface area contributed by atoms with E-state index in [9.17, 15) is 0 Å². The predicted octanol–water partition coefficient (Wildman–Crippen LogP) is 35.1. The van der Waals surface area contributed by atoms with Crippen molar-refractivity contribution in [1.29, 1.82) is 0 Å². The Morgan fingerprint density at radius 3 is 1.45 bits per heavy atom. The Balaban J connectivity index is 0.000000107. The number of nitrogens with zero attached hydrogens (tertiary/aromatic N) is 9. The van der Waals surface area contributed by atoms with Crippen molar-refractivity contribution in [2.45, 2.75) is 19.3 Å². The van der Waals surface area contributed by atoms with E-state index >= 15 is 0 Å². The quantitative estimate of drug-likeness (QED) is 0.134. The number of rotatable bonds is 10. The summed E-state index contributed by atoms with van der Waals surface area (Å²) < 4.78 is 12.6. The number of benzene rings is 19. The summed E-state index contributed by atoms with van der Waals surface area (Å²) in [6, 6.07) is 165. The van der Waals surface area contributed by atoms with E-state index in [0.717, 1.165) is 106 Å². The molecule has 0 spiro atoms. The molecule has 0 atom stereocenters. The second-order valence-electron chi connectivity index (χ2n) is 36.6. The third-order valence-corrected chi connectivity index (χ3v) is 29.9. The summed E-state index contributed by atoms with van der Waals surface area (Å²) in [7, 11) is 0. The molecule has 29 rings (SSSR count). The molecule has 25 aromatic rings. The molecule has 19 aromatic carbocycles. The average Bonchev–Trinajstić information content (AvgIpc) is 1.55. The van der Waals surface area contributed by atoms with Crippen molar-refractivity contribution in [2.24, 2.45) is 0 Å². The first-order valence-corrected chi connectivity index (χ1v) is 49.2. The Labute approximate surface area is 825 Å². The zero-order valence-electron chi connectivity index (χ0n) is 77.6. The fraction of sp³-hybridized carbons (Fsp3) is 0.0229. The van der Waals surface area contributed by atoms with Crippen molar-refractivity contribution >= 4 is 134 Å². The summed E-state index contributed by atoms with van der Waals surface area (Å²) in [5.41, 5.74) is 42.2. The lowest BCUT2D eigenvalue weighted by Crippen LogP contribution is -2.25. The van der Waals surface area contributed by atoms with Gasteiger partial charge in [0, 0.05) is 133 Å². The number of hydrogen-bond acceptors (Lipinski definition) is 9. The first-order valence-electron chi connectivity index (χ1n) is 48.3. The van der Waals surface area contributed by atoms with Crippen LogP contribution in [-0.4, -0.2) is 29.1 Å². The second kappa shape index (κ2) is 34.1. The first-order chi connectivity index (χ1) is 70.3. The summed E-state index contributed by atoms with van der Waals surface area (Å²) >= 11 is 1.80. The van der Waals surface area contributed by atoms with Crippen LogP contribution >= 0.6 is 11.3 Å². The number of thiophene rings is 1. The van der Waals surface area contributed by atoms with Gasteiger partial charge < -0.3 is 23.4 Å². The molecule has 1 aliphatic carbocycles. The van der Waals surface area contributed by atoms with E-state index in [1.54, 1.807) is 11.3 Å². The molecule has 0 unspecified atom stereocenters. The molecule has 4 aliphatic rings. The van der Waals surface area contributed by atoms with E-state index in [2.05, 4.69) is 455 Å². The lowest BCUT2D eigenvalue weighted by molar-refractivity contribution is 0.670. The summed E-state index contributed by atoms with van der Waals surface area (Å²) in [6.07, 6.45) is 8.66. The number of hydrogen-bond donors (Lipinski definition) is 0. The molecular formula is C131H87N9OS. The van der Waals surface area contributed by atoms with Gasteiger partial charge in [0.2, 0.25) is 5.95 Å². The van der Waals surface area contributed by atoms with Crippen LogP contribution in [0.25, 0.3) is 183 Å². The van der Waals surface area contributed by atoms with Crippen LogP contribution in [0.15, 0.2) is 489 Å². The predicted molar refractivity (Wildman–Crippen MR) is 589 cm³/mol. The highest BCUT2D eigenvalue weighted by Crippen LogP contribution is 2.61. The molecule has 668 valence electrons. The molecule has 0 fully saturated rings. The van der Waals surface area contributed by atoms with Crippen LogP contribution < -0.4 is 14.7 Å². The highest BCUT2D eigenvalue weighted by molar-refractivity contribution is 7.17. The zero-order chi connectivity index (χ0) is 94.0. The lowest BCUT2D eigenvalue weighted by atomic mass is 9.70. The Bertz CT molecular complexity index is 9200. The zero-order valence-corrected chi connectivity index (χ0v) is 78.4. The summed E-state index contributed by atoms with van der Waals surface area (Å²) in [5, 5.41) is 9.47. The van der Waals surface area contributed by atoms with Crippen LogP contribution in [0, 0.1) is 13.8 Å². The van der Waals surface area contributed by atoms with Gasteiger partial charge in [-0.2, -0.15) is 9.97 Å². The van der Waals surface area contributed by atoms with Gasteiger partial charge in [0.15, 0.2) is 11.6 Å². The highest BCUT2D eigenvalue weighted by atomic mass is 32.1. The van der Waals surface area contributed by atoms with Crippen molar-refractivity contribution in [3.8, 4) is 112 Å². The lowest BCUT2D eigenvalue weighted by Gasteiger charge is -2.32. The van der Waals surface area contributed by atoms with Gasteiger partial charge in [-0.25, -0.2) is 4.98 Å². The minimum absolute atomic E-state index is 0.435. The van der Waals surface area contributed by atoms with Gasteiger partial charge in [-0.1, -0.05) is 352 Å². The van der Waals surface area contributed by atoms with E-state index in [1.807, 2.05) is 79.1 Å². The third-order valence-electron chi connectivity index (χ3n) is 29.0. The molecule has 10 nitrogen and oxygen atoms in total. The molecule has 142 heavy (non-hydrogen) atoms. The van der Waals surface area contributed by atoms with Gasteiger partial charge in [-0.3, -0.25) is 9.88 Å². The monoisotopic (exact) mass is 1830 g/mol. The Kier molecular flexibility index (Phi) is 19.9. The number of allylic oxidation sites excluding steroid dienone is 1. The van der Waals surface area contributed by atoms with E-state index in [0.29, 0.717) is 17.6 Å².